The Balaban J connectivity index is 3.10. The summed E-state index contributed by atoms with van der Waals surface area (Å²) in [4.78, 5) is -0.130. The van der Waals surface area contributed by atoms with Gasteiger partial charge in [0, 0.05) is 0 Å². The second-order valence-corrected chi connectivity index (χ2v) is 6.01. The number of hydrogen-bond acceptors (Lipinski definition) is 3. The molecule has 1 unspecified atom stereocenters. The molecule has 0 amide bonds. The van der Waals surface area contributed by atoms with Crippen LogP contribution in [0.3, 0.4) is 0 Å². The third-order valence-electron chi connectivity index (χ3n) is 2.69. The number of amidine groups is 1. The van der Waals surface area contributed by atoms with E-state index in [1.54, 1.807) is 6.92 Å². The highest BCUT2D eigenvalue weighted by Gasteiger charge is 2.23. The zero-order valence-electron chi connectivity index (χ0n) is 10.9. The van der Waals surface area contributed by atoms with Crippen LogP contribution in [0.1, 0.15) is 25.3 Å². The lowest BCUT2D eigenvalue weighted by Gasteiger charge is -2.17. The molecule has 19 heavy (non-hydrogen) atoms. The minimum absolute atomic E-state index is 0.130. The van der Waals surface area contributed by atoms with E-state index in [0.29, 0.717) is 18.4 Å². The molecule has 7 heteroatoms. The first kappa shape index (κ1) is 15.6. The number of aryl methyl sites for hydroxylation is 1. The van der Waals surface area contributed by atoms with Gasteiger partial charge in [0.05, 0.1) is 10.9 Å². The molecule has 0 spiro atoms. The third kappa shape index (κ3) is 4.00. The van der Waals surface area contributed by atoms with E-state index in [1.165, 1.54) is 12.1 Å². The highest BCUT2D eigenvalue weighted by Crippen LogP contribution is 2.17. The topological polar surface area (TPSA) is 96.0 Å². The average Bonchev–Trinajstić information content (AvgIpc) is 2.31. The van der Waals surface area contributed by atoms with E-state index in [-0.39, 0.29) is 10.7 Å². The van der Waals surface area contributed by atoms with Crippen molar-refractivity contribution in [3.05, 3.63) is 29.6 Å². The molecule has 4 N–H and O–H groups in total. The van der Waals surface area contributed by atoms with Crippen molar-refractivity contribution in [1.82, 2.24) is 4.72 Å². The van der Waals surface area contributed by atoms with Crippen molar-refractivity contribution in [2.75, 3.05) is 0 Å². The number of nitrogens with two attached hydrogens (primary N) is 1. The summed E-state index contributed by atoms with van der Waals surface area (Å²) in [6.07, 6.45) is 1.10. The molecule has 0 aliphatic rings. The number of rotatable bonds is 6. The number of benzene rings is 1. The lowest BCUT2D eigenvalue weighted by atomic mass is 10.2. The Labute approximate surface area is 112 Å². The number of hydrogen-bond donors (Lipinski definition) is 3. The maximum Gasteiger partial charge on any atom is 0.241 e. The van der Waals surface area contributed by atoms with Crippen molar-refractivity contribution < 1.29 is 12.8 Å². The maximum absolute atomic E-state index is 13.2. The van der Waals surface area contributed by atoms with Crippen molar-refractivity contribution in [3.8, 4) is 0 Å². The van der Waals surface area contributed by atoms with Crippen LogP contribution in [0.4, 0.5) is 4.39 Å². The lowest BCUT2D eigenvalue weighted by Crippen LogP contribution is -2.44. The minimum Gasteiger partial charge on any atom is -0.386 e. The van der Waals surface area contributed by atoms with Gasteiger partial charge in [-0.05, 0) is 31.0 Å². The van der Waals surface area contributed by atoms with Gasteiger partial charge in [0.25, 0.3) is 0 Å². The molecule has 5 nitrogen and oxygen atoms in total. The van der Waals surface area contributed by atoms with Gasteiger partial charge in [-0.1, -0.05) is 19.4 Å². The minimum atomic E-state index is -3.89. The van der Waals surface area contributed by atoms with Crippen LogP contribution in [0, 0.1) is 18.2 Å². The fraction of sp³-hybridized carbons (Fsp3) is 0.417. The van der Waals surface area contributed by atoms with Gasteiger partial charge in [-0.15, -0.1) is 0 Å². The molecule has 106 valence electrons. The van der Waals surface area contributed by atoms with Gasteiger partial charge < -0.3 is 5.73 Å². The Morgan fingerprint density at radius 3 is 2.68 bits per heavy atom. The highest BCUT2D eigenvalue weighted by molar-refractivity contribution is 7.89. The van der Waals surface area contributed by atoms with Crippen LogP contribution >= 0.6 is 0 Å². The lowest BCUT2D eigenvalue weighted by molar-refractivity contribution is 0.562. The Morgan fingerprint density at radius 1 is 1.53 bits per heavy atom. The van der Waals surface area contributed by atoms with Gasteiger partial charge in [-0.25, -0.2) is 17.5 Å². The quantitative estimate of drug-likeness (QED) is 0.546. The SMILES string of the molecule is CCCC(NS(=O)(=O)c1cc(F)ccc1C)C(=N)N. The normalized spacial score (nSPS) is 13.2. The zero-order chi connectivity index (χ0) is 14.6. The van der Waals surface area contributed by atoms with Crippen molar-refractivity contribution in [1.29, 1.82) is 5.41 Å². The first-order chi connectivity index (χ1) is 8.77. The average molecular weight is 287 g/mol. The second kappa shape index (κ2) is 6.12. The predicted octanol–water partition coefficient (Wildman–Crippen LogP) is 1.52. The Hall–Kier alpha value is -1.47. The van der Waals surface area contributed by atoms with Crippen LogP contribution in [0.25, 0.3) is 0 Å². The highest BCUT2D eigenvalue weighted by atomic mass is 32.2. The van der Waals surface area contributed by atoms with Crippen LogP contribution in [0.2, 0.25) is 0 Å². The van der Waals surface area contributed by atoms with E-state index in [9.17, 15) is 12.8 Å². The van der Waals surface area contributed by atoms with E-state index in [1.807, 2.05) is 6.92 Å². The summed E-state index contributed by atoms with van der Waals surface area (Å²) in [5.74, 6) is -0.875. The van der Waals surface area contributed by atoms with Crippen molar-refractivity contribution in [2.45, 2.75) is 37.6 Å². The standard InChI is InChI=1S/C12H18FN3O2S/c1-3-4-10(12(14)15)16-19(17,18)11-7-9(13)6-5-8(11)2/h5-7,10,16H,3-4H2,1-2H3,(H3,14,15). The zero-order valence-corrected chi connectivity index (χ0v) is 11.7. The summed E-state index contributed by atoms with van der Waals surface area (Å²) in [6, 6.07) is 2.79. The Kier molecular flexibility index (Phi) is 5.02. The number of nitrogens with one attached hydrogen (secondary N) is 2. The molecule has 1 aromatic rings. The van der Waals surface area contributed by atoms with Crippen LogP contribution in [0.15, 0.2) is 23.1 Å². The van der Waals surface area contributed by atoms with E-state index in [2.05, 4.69) is 4.72 Å². The molecule has 0 aromatic heterocycles. The van der Waals surface area contributed by atoms with Crippen LogP contribution in [0.5, 0.6) is 0 Å². The Bertz CT molecular complexity index is 572. The summed E-state index contributed by atoms with van der Waals surface area (Å²) in [6.45, 7) is 3.44. The molecule has 0 saturated carbocycles. The summed E-state index contributed by atoms with van der Waals surface area (Å²) in [5.41, 5.74) is 5.80. The monoisotopic (exact) mass is 287 g/mol. The molecular formula is C12H18FN3O2S. The van der Waals surface area contributed by atoms with Crippen molar-refractivity contribution >= 4 is 15.9 Å². The second-order valence-electron chi connectivity index (χ2n) is 4.33. The van der Waals surface area contributed by atoms with Gasteiger partial charge >= 0.3 is 0 Å². The smallest absolute Gasteiger partial charge is 0.241 e. The molecule has 1 rings (SSSR count). The molecule has 0 heterocycles. The Morgan fingerprint density at radius 2 is 2.16 bits per heavy atom. The summed E-state index contributed by atoms with van der Waals surface area (Å²) >= 11 is 0. The van der Waals surface area contributed by atoms with Crippen molar-refractivity contribution in [2.24, 2.45) is 5.73 Å². The predicted molar refractivity (Wildman–Crippen MR) is 72.1 cm³/mol. The molecule has 0 fully saturated rings. The molecule has 1 aromatic carbocycles. The van der Waals surface area contributed by atoms with Crippen molar-refractivity contribution in [3.63, 3.8) is 0 Å². The first-order valence-electron chi connectivity index (χ1n) is 5.90. The fourth-order valence-corrected chi connectivity index (χ4v) is 3.19. The van der Waals surface area contributed by atoms with Crippen LogP contribution in [-0.2, 0) is 10.0 Å². The summed E-state index contributed by atoms with van der Waals surface area (Å²) in [5, 5.41) is 7.37. The number of halogens is 1. The molecule has 1 atom stereocenters. The summed E-state index contributed by atoms with van der Waals surface area (Å²) < 4.78 is 39.8. The van der Waals surface area contributed by atoms with Crippen LogP contribution < -0.4 is 10.5 Å². The third-order valence-corrected chi connectivity index (χ3v) is 4.30. The molecule has 0 saturated heterocycles. The van der Waals surface area contributed by atoms with Gasteiger partial charge in [0.15, 0.2) is 0 Å². The van der Waals surface area contributed by atoms with E-state index >= 15 is 0 Å². The van der Waals surface area contributed by atoms with Gasteiger partial charge in [-0.3, -0.25) is 5.41 Å². The maximum atomic E-state index is 13.2. The number of sulfonamides is 1. The van der Waals surface area contributed by atoms with Crippen LogP contribution in [-0.4, -0.2) is 20.3 Å². The first-order valence-corrected chi connectivity index (χ1v) is 7.38. The fourth-order valence-electron chi connectivity index (χ4n) is 1.68. The molecule has 0 radical (unpaired) electrons. The summed E-state index contributed by atoms with van der Waals surface area (Å²) in [7, 11) is -3.89. The van der Waals surface area contributed by atoms with E-state index in [4.69, 9.17) is 11.1 Å². The molecule has 0 aliphatic heterocycles. The molecule has 0 bridgehead atoms. The van der Waals surface area contributed by atoms with Gasteiger partial charge in [0.2, 0.25) is 10.0 Å². The van der Waals surface area contributed by atoms with E-state index < -0.39 is 21.9 Å². The molecule has 0 aliphatic carbocycles. The largest absolute Gasteiger partial charge is 0.386 e. The van der Waals surface area contributed by atoms with E-state index in [0.717, 1.165) is 6.07 Å². The van der Waals surface area contributed by atoms with Gasteiger partial charge in [0.1, 0.15) is 11.7 Å². The van der Waals surface area contributed by atoms with Gasteiger partial charge in [-0.2, -0.15) is 0 Å². The molecular weight excluding hydrogens is 269 g/mol.